The summed E-state index contributed by atoms with van der Waals surface area (Å²) < 4.78 is 1.81. The molecule has 0 radical (unpaired) electrons. The molecule has 100 valence electrons. The van der Waals surface area contributed by atoms with Crippen LogP contribution >= 0.6 is 0 Å². The van der Waals surface area contributed by atoms with Crippen molar-refractivity contribution < 1.29 is 4.79 Å². The van der Waals surface area contributed by atoms with Gasteiger partial charge in [0.15, 0.2) is 0 Å². The average molecular weight is 250 g/mol. The second-order valence-corrected chi connectivity index (χ2v) is 5.21. The Morgan fingerprint density at radius 2 is 2.17 bits per heavy atom. The standard InChI is InChI=1S/C13H22N4O/c1-13(14-2)5-10-16(11-6-13)12(18)4-9-17-8-3-7-15-17/h3,7-8,14H,4-6,9-11H2,1-2H3. The summed E-state index contributed by atoms with van der Waals surface area (Å²) in [7, 11) is 2.00. The quantitative estimate of drug-likeness (QED) is 0.863. The van der Waals surface area contributed by atoms with E-state index in [4.69, 9.17) is 0 Å². The molecular formula is C13H22N4O. The first-order valence-corrected chi connectivity index (χ1v) is 6.57. The van der Waals surface area contributed by atoms with E-state index in [-0.39, 0.29) is 11.4 Å². The number of carbonyl (C=O) groups excluding carboxylic acids is 1. The van der Waals surface area contributed by atoms with Crippen molar-refractivity contribution in [1.82, 2.24) is 20.0 Å². The molecule has 0 aromatic carbocycles. The van der Waals surface area contributed by atoms with Gasteiger partial charge in [-0.1, -0.05) is 0 Å². The summed E-state index contributed by atoms with van der Waals surface area (Å²) in [5.41, 5.74) is 0.193. The van der Waals surface area contributed by atoms with E-state index in [9.17, 15) is 4.79 Å². The fraction of sp³-hybridized carbons (Fsp3) is 0.692. The maximum atomic E-state index is 12.1. The molecule has 1 amide bonds. The van der Waals surface area contributed by atoms with Gasteiger partial charge >= 0.3 is 0 Å². The van der Waals surface area contributed by atoms with Gasteiger partial charge in [0.2, 0.25) is 5.91 Å². The Morgan fingerprint density at radius 3 is 2.72 bits per heavy atom. The molecule has 0 spiro atoms. The number of nitrogens with zero attached hydrogens (tertiary/aromatic N) is 3. The SMILES string of the molecule is CNC1(C)CCN(C(=O)CCn2cccn2)CC1. The van der Waals surface area contributed by atoms with Crippen LogP contribution in [-0.4, -0.2) is 46.3 Å². The van der Waals surface area contributed by atoms with Crippen molar-refractivity contribution in [3.8, 4) is 0 Å². The third-order valence-corrected chi connectivity index (χ3v) is 3.94. The topological polar surface area (TPSA) is 50.2 Å². The lowest BCUT2D eigenvalue weighted by atomic mass is 9.90. The summed E-state index contributed by atoms with van der Waals surface area (Å²) in [5.74, 6) is 0.239. The van der Waals surface area contributed by atoms with E-state index in [0.717, 1.165) is 25.9 Å². The van der Waals surface area contributed by atoms with Gasteiger partial charge in [-0.25, -0.2) is 0 Å². The van der Waals surface area contributed by atoms with Crippen LogP contribution < -0.4 is 5.32 Å². The number of piperidine rings is 1. The molecule has 18 heavy (non-hydrogen) atoms. The van der Waals surface area contributed by atoms with Crippen LogP contribution in [-0.2, 0) is 11.3 Å². The van der Waals surface area contributed by atoms with E-state index >= 15 is 0 Å². The highest BCUT2D eigenvalue weighted by Crippen LogP contribution is 2.21. The van der Waals surface area contributed by atoms with Crippen LogP contribution in [0.3, 0.4) is 0 Å². The molecule has 2 rings (SSSR count). The number of amides is 1. The first-order chi connectivity index (χ1) is 8.63. The maximum Gasteiger partial charge on any atom is 0.224 e. The molecule has 1 N–H and O–H groups in total. The molecule has 1 aromatic heterocycles. The van der Waals surface area contributed by atoms with Gasteiger partial charge in [0.25, 0.3) is 0 Å². The predicted octanol–water partition coefficient (Wildman–Crippen LogP) is 0.874. The van der Waals surface area contributed by atoms with E-state index in [2.05, 4.69) is 17.3 Å². The van der Waals surface area contributed by atoms with E-state index < -0.39 is 0 Å². The number of rotatable bonds is 4. The number of hydrogen-bond acceptors (Lipinski definition) is 3. The largest absolute Gasteiger partial charge is 0.343 e. The lowest BCUT2D eigenvalue weighted by Gasteiger charge is -2.39. The van der Waals surface area contributed by atoms with Gasteiger partial charge in [0.1, 0.15) is 0 Å². The normalized spacial score (nSPS) is 18.9. The summed E-state index contributed by atoms with van der Waals surface area (Å²) in [5, 5.41) is 7.45. The molecule has 0 atom stereocenters. The number of nitrogens with one attached hydrogen (secondary N) is 1. The van der Waals surface area contributed by atoms with Crippen molar-refractivity contribution in [3.63, 3.8) is 0 Å². The minimum atomic E-state index is 0.193. The lowest BCUT2D eigenvalue weighted by molar-refractivity contribution is -0.133. The van der Waals surface area contributed by atoms with Crippen molar-refractivity contribution >= 4 is 5.91 Å². The van der Waals surface area contributed by atoms with Gasteiger partial charge in [-0.3, -0.25) is 9.48 Å². The summed E-state index contributed by atoms with van der Waals surface area (Å²) in [6.07, 6.45) is 6.22. The highest BCUT2D eigenvalue weighted by molar-refractivity contribution is 5.76. The molecule has 1 aromatic rings. The molecular weight excluding hydrogens is 228 g/mol. The molecule has 1 aliphatic rings. The third kappa shape index (κ3) is 3.10. The third-order valence-electron chi connectivity index (χ3n) is 3.94. The van der Waals surface area contributed by atoms with Crippen LogP contribution in [0.25, 0.3) is 0 Å². The Morgan fingerprint density at radius 1 is 1.44 bits per heavy atom. The Labute approximate surface area is 108 Å². The smallest absolute Gasteiger partial charge is 0.224 e. The maximum absolute atomic E-state index is 12.1. The lowest BCUT2D eigenvalue weighted by Crippen LogP contribution is -2.51. The van der Waals surface area contributed by atoms with Crippen molar-refractivity contribution in [2.24, 2.45) is 0 Å². The van der Waals surface area contributed by atoms with Gasteiger partial charge in [0.05, 0.1) is 0 Å². The van der Waals surface area contributed by atoms with Crippen LogP contribution in [0.1, 0.15) is 26.2 Å². The van der Waals surface area contributed by atoms with Crippen LogP contribution in [0.5, 0.6) is 0 Å². The summed E-state index contributed by atoms with van der Waals surface area (Å²) >= 11 is 0. The monoisotopic (exact) mass is 250 g/mol. The number of hydrogen-bond donors (Lipinski definition) is 1. The second kappa shape index (κ2) is 5.52. The number of aromatic nitrogens is 2. The highest BCUT2D eigenvalue weighted by atomic mass is 16.2. The van der Waals surface area contributed by atoms with E-state index in [1.165, 1.54) is 0 Å². The molecule has 0 unspecified atom stereocenters. The van der Waals surface area contributed by atoms with Crippen molar-refractivity contribution in [1.29, 1.82) is 0 Å². The molecule has 0 saturated carbocycles. The summed E-state index contributed by atoms with van der Waals surface area (Å²) in [6.45, 7) is 4.61. The first-order valence-electron chi connectivity index (χ1n) is 6.57. The molecule has 1 saturated heterocycles. The number of aryl methyl sites for hydroxylation is 1. The molecule has 2 heterocycles. The van der Waals surface area contributed by atoms with E-state index in [1.807, 2.05) is 24.2 Å². The van der Waals surface area contributed by atoms with E-state index in [0.29, 0.717) is 13.0 Å². The van der Waals surface area contributed by atoms with Gasteiger partial charge < -0.3 is 10.2 Å². The average Bonchev–Trinajstić information content (AvgIpc) is 2.90. The van der Waals surface area contributed by atoms with Crippen LogP contribution in [0.2, 0.25) is 0 Å². The molecule has 5 heteroatoms. The minimum Gasteiger partial charge on any atom is -0.343 e. The molecule has 0 aliphatic carbocycles. The molecule has 0 bridgehead atoms. The van der Waals surface area contributed by atoms with Crippen LogP contribution in [0.15, 0.2) is 18.5 Å². The Bertz CT molecular complexity index is 380. The van der Waals surface area contributed by atoms with Crippen molar-refractivity contribution in [3.05, 3.63) is 18.5 Å². The van der Waals surface area contributed by atoms with Crippen LogP contribution in [0.4, 0.5) is 0 Å². The minimum absolute atomic E-state index is 0.193. The van der Waals surface area contributed by atoms with Crippen molar-refractivity contribution in [2.45, 2.75) is 38.3 Å². The zero-order chi connectivity index (χ0) is 13.0. The van der Waals surface area contributed by atoms with E-state index in [1.54, 1.807) is 10.9 Å². The zero-order valence-corrected chi connectivity index (χ0v) is 11.2. The Balaban J connectivity index is 1.77. The first kappa shape index (κ1) is 13.1. The van der Waals surface area contributed by atoms with Crippen molar-refractivity contribution in [2.75, 3.05) is 20.1 Å². The van der Waals surface area contributed by atoms with Gasteiger partial charge in [-0.15, -0.1) is 0 Å². The molecule has 5 nitrogen and oxygen atoms in total. The summed E-state index contributed by atoms with van der Waals surface area (Å²) in [6, 6.07) is 1.88. The predicted molar refractivity (Wildman–Crippen MR) is 70.1 cm³/mol. The molecule has 1 fully saturated rings. The van der Waals surface area contributed by atoms with Gasteiger partial charge in [-0.2, -0.15) is 5.10 Å². The fourth-order valence-electron chi connectivity index (χ4n) is 2.30. The molecule has 1 aliphatic heterocycles. The second-order valence-electron chi connectivity index (χ2n) is 5.21. The number of likely N-dealkylation sites (tertiary alicyclic amines) is 1. The van der Waals surface area contributed by atoms with Gasteiger partial charge in [-0.05, 0) is 32.9 Å². The zero-order valence-electron chi connectivity index (χ0n) is 11.2. The van der Waals surface area contributed by atoms with Gasteiger partial charge in [0, 0.05) is 44.0 Å². The Hall–Kier alpha value is -1.36. The Kier molecular flexibility index (Phi) is 4.01. The summed E-state index contributed by atoms with van der Waals surface area (Å²) in [4.78, 5) is 14.0. The number of carbonyl (C=O) groups is 1. The fourth-order valence-corrected chi connectivity index (χ4v) is 2.30. The highest BCUT2D eigenvalue weighted by Gasteiger charge is 2.29. The van der Waals surface area contributed by atoms with Crippen LogP contribution in [0, 0.1) is 0 Å².